The average Bonchev–Trinajstić information content (AvgIpc) is 2.82. The van der Waals surface area contributed by atoms with E-state index in [0.717, 1.165) is 12.8 Å². The summed E-state index contributed by atoms with van der Waals surface area (Å²) in [6, 6.07) is 3.38. The molecule has 1 saturated heterocycles. The summed E-state index contributed by atoms with van der Waals surface area (Å²) in [4.78, 5) is 0.337. The molecule has 1 aliphatic heterocycles. The van der Waals surface area contributed by atoms with Crippen LogP contribution in [-0.2, 0) is 14.8 Å². The second-order valence-electron chi connectivity index (χ2n) is 5.70. The number of anilines is 1. The molecule has 5 nitrogen and oxygen atoms in total. The Hall–Kier alpha value is -1.11. The van der Waals surface area contributed by atoms with Crippen molar-refractivity contribution in [2.24, 2.45) is 5.92 Å². The molecule has 0 bridgehead atoms. The fourth-order valence-electron chi connectivity index (χ4n) is 3.07. The second kappa shape index (κ2) is 6.34. The van der Waals surface area contributed by atoms with Gasteiger partial charge < -0.3 is 10.5 Å². The molecule has 2 rings (SSSR count). The van der Waals surface area contributed by atoms with Gasteiger partial charge in [-0.2, -0.15) is 0 Å². The molecule has 118 valence electrons. The molecule has 1 heterocycles. The standard InChI is InChI=1S/C15H24N2O3S/c1-4-14-12(5-6-20-14)9-17-21(18,19)15-10(2)7-13(16)8-11(15)3/h7-8,12,14,17H,4-6,9,16H2,1-3H3. The van der Waals surface area contributed by atoms with Gasteiger partial charge in [0.05, 0.1) is 11.0 Å². The average molecular weight is 312 g/mol. The maximum absolute atomic E-state index is 12.5. The summed E-state index contributed by atoms with van der Waals surface area (Å²) in [6.07, 6.45) is 1.97. The first kappa shape index (κ1) is 16.3. The van der Waals surface area contributed by atoms with Gasteiger partial charge in [-0.05, 0) is 49.9 Å². The number of nitrogens with one attached hydrogen (secondary N) is 1. The zero-order valence-electron chi connectivity index (χ0n) is 12.8. The lowest BCUT2D eigenvalue weighted by atomic mass is 10.0. The Morgan fingerprint density at radius 2 is 1.95 bits per heavy atom. The molecule has 0 radical (unpaired) electrons. The Morgan fingerprint density at radius 3 is 2.52 bits per heavy atom. The summed E-state index contributed by atoms with van der Waals surface area (Å²) in [5.41, 5.74) is 7.68. The Labute approximate surface area is 126 Å². The fourth-order valence-corrected chi connectivity index (χ4v) is 4.62. The molecule has 0 spiro atoms. The first-order valence-electron chi connectivity index (χ1n) is 7.33. The lowest BCUT2D eigenvalue weighted by molar-refractivity contribution is 0.0884. The van der Waals surface area contributed by atoms with Crippen LogP contribution in [0.3, 0.4) is 0 Å². The van der Waals surface area contributed by atoms with Crippen molar-refractivity contribution < 1.29 is 13.2 Å². The molecule has 1 aliphatic rings. The van der Waals surface area contributed by atoms with E-state index in [4.69, 9.17) is 10.5 Å². The van der Waals surface area contributed by atoms with Gasteiger partial charge in [-0.1, -0.05) is 6.92 Å². The Bertz CT molecular complexity index is 590. The van der Waals surface area contributed by atoms with E-state index in [2.05, 4.69) is 11.6 Å². The Kier molecular flexibility index (Phi) is 4.91. The summed E-state index contributed by atoms with van der Waals surface area (Å²) < 4.78 is 33.4. The van der Waals surface area contributed by atoms with Gasteiger partial charge in [-0.15, -0.1) is 0 Å². The molecule has 2 atom stereocenters. The molecule has 1 aromatic carbocycles. The van der Waals surface area contributed by atoms with Crippen LogP contribution in [0.5, 0.6) is 0 Å². The molecule has 2 unspecified atom stereocenters. The van der Waals surface area contributed by atoms with Crippen LogP contribution in [0.15, 0.2) is 17.0 Å². The van der Waals surface area contributed by atoms with Gasteiger partial charge in [0.15, 0.2) is 0 Å². The van der Waals surface area contributed by atoms with Gasteiger partial charge >= 0.3 is 0 Å². The summed E-state index contributed by atoms with van der Waals surface area (Å²) in [5, 5.41) is 0. The van der Waals surface area contributed by atoms with Crippen molar-refractivity contribution >= 4 is 15.7 Å². The molecular formula is C15H24N2O3S. The largest absolute Gasteiger partial charge is 0.399 e. The van der Waals surface area contributed by atoms with E-state index < -0.39 is 10.0 Å². The number of benzene rings is 1. The minimum Gasteiger partial charge on any atom is -0.399 e. The van der Waals surface area contributed by atoms with Crippen LogP contribution in [0.4, 0.5) is 5.69 Å². The molecule has 21 heavy (non-hydrogen) atoms. The van der Waals surface area contributed by atoms with Gasteiger partial charge in [0.2, 0.25) is 10.0 Å². The van der Waals surface area contributed by atoms with E-state index in [1.54, 1.807) is 26.0 Å². The van der Waals surface area contributed by atoms with Crippen molar-refractivity contribution in [3.8, 4) is 0 Å². The number of hydrogen-bond acceptors (Lipinski definition) is 4. The van der Waals surface area contributed by atoms with Crippen LogP contribution in [-0.4, -0.2) is 27.7 Å². The summed E-state index contributed by atoms with van der Waals surface area (Å²) in [7, 11) is -3.52. The van der Waals surface area contributed by atoms with Crippen LogP contribution >= 0.6 is 0 Å². The van der Waals surface area contributed by atoms with Crippen LogP contribution in [0.2, 0.25) is 0 Å². The molecule has 3 N–H and O–H groups in total. The van der Waals surface area contributed by atoms with Crippen molar-refractivity contribution in [3.63, 3.8) is 0 Å². The summed E-state index contributed by atoms with van der Waals surface area (Å²) >= 11 is 0. The molecule has 0 saturated carbocycles. The normalized spacial score (nSPS) is 22.6. The van der Waals surface area contributed by atoms with Gasteiger partial charge in [-0.3, -0.25) is 0 Å². The smallest absolute Gasteiger partial charge is 0.241 e. The maximum Gasteiger partial charge on any atom is 0.241 e. The highest BCUT2D eigenvalue weighted by Crippen LogP contribution is 2.25. The molecule has 1 fully saturated rings. The first-order valence-corrected chi connectivity index (χ1v) is 8.81. The molecular weight excluding hydrogens is 288 g/mol. The second-order valence-corrected chi connectivity index (χ2v) is 7.41. The van der Waals surface area contributed by atoms with Crippen LogP contribution in [0, 0.1) is 19.8 Å². The fraction of sp³-hybridized carbons (Fsp3) is 0.600. The zero-order chi connectivity index (χ0) is 15.6. The number of nitrogen functional groups attached to an aromatic ring is 1. The van der Waals surface area contributed by atoms with E-state index in [0.29, 0.717) is 34.9 Å². The number of nitrogens with two attached hydrogens (primary N) is 1. The van der Waals surface area contributed by atoms with Crippen LogP contribution in [0.1, 0.15) is 30.9 Å². The van der Waals surface area contributed by atoms with Crippen molar-refractivity contribution in [1.82, 2.24) is 4.72 Å². The highest BCUT2D eigenvalue weighted by molar-refractivity contribution is 7.89. The van der Waals surface area contributed by atoms with Crippen molar-refractivity contribution in [2.45, 2.75) is 44.6 Å². The summed E-state index contributed by atoms with van der Waals surface area (Å²) in [6.45, 7) is 6.73. The van der Waals surface area contributed by atoms with Crippen molar-refractivity contribution in [3.05, 3.63) is 23.3 Å². The van der Waals surface area contributed by atoms with E-state index in [1.165, 1.54) is 0 Å². The third-order valence-corrected chi connectivity index (χ3v) is 5.76. The quantitative estimate of drug-likeness (QED) is 0.815. The highest BCUT2D eigenvalue weighted by Gasteiger charge is 2.29. The van der Waals surface area contributed by atoms with Gasteiger partial charge in [-0.25, -0.2) is 13.1 Å². The molecule has 0 amide bonds. The minimum atomic E-state index is -3.52. The molecule has 6 heteroatoms. The molecule has 0 aromatic heterocycles. The van der Waals surface area contributed by atoms with Gasteiger partial charge in [0, 0.05) is 24.8 Å². The van der Waals surface area contributed by atoms with E-state index in [-0.39, 0.29) is 12.0 Å². The van der Waals surface area contributed by atoms with Gasteiger partial charge in [0.1, 0.15) is 0 Å². The SMILES string of the molecule is CCC1OCCC1CNS(=O)(=O)c1c(C)cc(N)cc1C. The zero-order valence-corrected chi connectivity index (χ0v) is 13.7. The Balaban J connectivity index is 2.16. The minimum absolute atomic E-state index is 0.154. The third kappa shape index (κ3) is 3.56. The predicted molar refractivity (Wildman–Crippen MR) is 83.7 cm³/mol. The first-order chi connectivity index (χ1) is 9.85. The number of ether oxygens (including phenoxy) is 1. The highest BCUT2D eigenvalue weighted by atomic mass is 32.2. The third-order valence-electron chi connectivity index (χ3n) is 4.04. The number of sulfonamides is 1. The van der Waals surface area contributed by atoms with Crippen molar-refractivity contribution in [2.75, 3.05) is 18.9 Å². The van der Waals surface area contributed by atoms with E-state index in [9.17, 15) is 8.42 Å². The predicted octanol–water partition coefficient (Wildman–Crippen LogP) is 1.98. The van der Waals surface area contributed by atoms with Crippen LogP contribution in [0.25, 0.3) is 0 Å². The maximum atomic E-state index is 12.5. The lowest BCUT2D eigenvalue weighted by Crippen LogP contribution is -2.33. The number of aryl methyl sites for hydroxylation is 2. The topological polar surface area (TPSA) is 81.4 Å². The Morgan fingerprint density at radius 1 is 1.33 bits per heavy atom. The van der Waals surface area contributed by atoms with Crippen molar-refractivity contribution in [1.29, 1.82) is 0 Å². The van der Waals surface area contributed by atoms with E-state index >= 15 is 0 Å². The number of hydrogen-bond donors (Lipinski definition) is 2. The lowest BCUT2D eigenvalue weighted by Gasteiger charge is -2.18. The number of rotatable bonds is 5. The van der Waals surface area contributed by atoms with Crippen LogP contribution < -0.4 is 10.5 Å². The molecule has 0 aliphatic carbocycles. The molecule has 1 aromatic rings. The van der Waals surface area contributed by atoms with Gasteiger partial charge in [0.25, 0.3) is 0 Å². The summed E-state index contributed by atoms with van der Waals surface area (Å²) in [5.74, 6) is 0.249. The monoisotopic (exact) mass is 312 g/mol. The van der Waals surface area contributed by atoms with E-state index in [1.807, 2.05) is 0 Å².